The molecule has 3 rings (SSSR count). The quantitative estimate of drug-likeness (QED) is 0.834. The second-order valence-corrected chi connectivity index (χ2v) is 5.98. The molecule has 0 spiro atoms. The lowest BCUT2D eigenvalue weighted by molar-refractivity contribution is 0.0218. The van der Waals surface area contributed by atoms with Crippen LogP contribution in [0, 0.1) is 6.92 Å². The SMILES string of the molecule is Cc1nn(C)c2ncnc(N(C)C[C@@H](C)N3CCOCC3)c12. The van der Waals surface area contributed by atoms with Crippen molar-refractivity contribution >= 4 is 16.9 Å². The van der Waals surface area contributed by atoms with Gasteiger partial charge in [0.05, 0.1) is 24.3 Å². The zero-order valence-corrected chi connectivity index (χ0v) is 13.8. The zero-order valence-electron chi connectivity index (χ0n) is 13.8. The van der Waals surface area contributed by atoms with Crippen molar-refractivity contribution in [2.75, 3.05) is 44.8 Å². The Kier molecular flexibility index (Phi) is 4.26. The maximum atomic E-state index is 5.43. The van der Waals surface area contributed by atoms with Crippen molar-refractivity contribution in [2.45, 2.75) is 19.9 Å². The van der Waals surface area contributed by atoms with E-state index in [1.807, 2.05) is 18.7 Å². The predicted molar refractivity (Wildman–Crippen MR) is 86.2 cm³/mol. The maximum Gasteiger partial charge on any atom is 0.163 e. The van der Waals surface area contributed by atoms with Crippen LogP contribution in [0.25, 0.3) is 11.0 Å². The molecule has 3 heterocycles. The molecule has 7 nitrogen and oxygen atoms in total. The van der Waals surface area contributed by atoms with Crippen LogP contribution in [0.5, 0.6) is 0 Å². The molecule has 0 unspecified atom stereocenters. The van der Waals surface area contributed by atoms with Crippen molar-refractivity contribution in [3.05, 3.63) is 12.0 Å². The summed E-state index contributed by atoms with van der Waals surface area (Å²) >= 11 is 0. The highest BCUT2D eigenvalue weighted by atomic mass is 16.5. The van der Waals surface area contributed by atoms with E-state index in [1.54, 1.807) is 6.33 Å². The predicted octanol–water partition coefficient (Wildman–Crippen LogP) is 0.829. The van der Waals surface area contributed by atoms with Crippen LogP contribution in [0.4, 0.5) is 5.82 Å². The van der Waals surface area contributed by atoms with Gasteiger partial charge in [-0.05, 0) is 13.8 Å². The summed E-state index contributed by atoms with van der Waals surface area (Å²) in [5.41, 5.74) is 1.85. The fraction of sp³-hybridized carbons (Fsp3) is 0.667. The van der Waals surface area contributed by atoms with Crippen LogP contribution in [0.1, 0.15) is 12.6 Å². The number of aryl methyl sites for hydroxylation is 2. The minimum absolute atomic E-state index is 0.455. The van der Waals surface area contributed by atoms with E-state index in [0.717, 1.165) is 55.4 Å². The molecule has 0 aliphatic carbocycles. The van der Waals surface area contributed by atoms with Crippen LogP contribution in [0.3, 0.4) is 0 Å². The second-order valence-electron chi connectivity index (χ2n) is 5.98. The molecule has 0 amide bonds. The fourth-order valence-electron chi connectivity index (χ4n) is 3.16. The molecule has 0 radical (unpaired) electrons. The Morgan fingerprint density at radius 2 is 2.05 bits per heavy atom. The van der Waals surface area contributed by atoms with E-state index in [0.29, 0.717) is 6.04 Å². The molecule has 0 bridgehead atoms. The summed E-state index contributed by atoms with van der Waals surface area (Å²) in [6.45, 7) is 8.84. The number of aromatic nitrogens is 4. The summed E-state index contributed by atoms with van der Waals surface area (Å²) in [6, 6.07) is 0.455. The highest BCUT2D eigenvalue weighted by Gasteiger charge is 2.21. The number of fused-ring (bicyclic) bond motifs is 1. The Balaban J connectivity index is 1.81. The average Bonchev–Trinajstić information content (AvgIpc) is 2.83. The maximum absolute atomic E-state index is 5.43. The van der Waals surface area contributed by atoms with Gasteiger partial charge in [-0.15, -0.1) is 0 Å². The molecule has 1 fully saturated rings. The van der Waals surface area contributed by atoms with Gasteiger partial charge in [-0.3, -0.25) is 9.58 Å². The number of likely N-dealkylation sites (N-methyl/N-ethyl adjacent to an activating group) is 1. The summed E-state index contributed by atoms with van der Waals surface area (Å²) in [7, 11) is 4.01. The molecule has 1 aliphatic rings. The summed E-state index contributed by atoms with van der Waals surface area (Å²) in [6.07, 6.45) is 1.62. The molecular weight excluding hydrogens is 280 g/mol. The van der Waals surface area contributed by atoms with Crippen LogP contribution < -0.4 is 4.90 Å². The molecule has 1 aliphatic heterocycles. The Labute approximate surface area is 130 Å². The van der Waals surface area contributed by atoms with E-state index >= 15 is 0 Å². The Morgan fingerprint density at radius 3 is 2.77 bits per heavy atom. The third-order valence-corrected chi connectivity index (χ3v) is 4.34. The number of hydrogen-bond acceptors (Lipinski definition) is 6. The Morgan fingerprint density at radius 1 is 1.32 bits per heavy atom. The average molecular weight is 304 g/mol. The number of anilines is 1. The van der Waals surface area contributed by atoms with Gasteiger partial charge in [-0.25, -0.2) is 9.97 Å². The minimum atomic E-state index is 0.455. The molecule has 7 heteroatoms. The van der Waals surface area contributed by atoms with Gasteiger partial charge in [-0.2, -0.15) is 5.10 Å². The van der Waals surface area contributed by atoms with Gasteiger partial charge < -0.3 is 9.64 Å². The second kappa shape index (κ2) is 6.18. The number of rotatable bonds is 4. The van der Waals surface area contributed by atoms with Crippen molar-refractivity contribution in [3.8, 4) is 0 Å². The van der Waals surface area contributed by atoms with Crippen LogP contribution >= 0.6 is 0 Å². The standard InChI is InChI=1S/C15H24N6O/c1-11(21-5-7-22-8-6-21)9-19(3)14-13-12(2)18-20(4)15(13)17-10-16-14/h10-11H,5-9H2,1-4H3/t11-/m1/s1. The largest absolute Gasteiger partial charge is 0.379 e. The third-order valence-electron chi connectivity index (χ3n) is 4.34. The first-order valence-corrected chi connectivity index (χ1v) is 7.75. The lowest BCUT2D eigenvalue weighted by Gasteiger charge is -2.34. The molecule has 1 atom stereocenters. The molecule has 0 saturated carbocycles. The number of hydrogen-bond donors (Lipinski definition) is 0. The summed E-state index contributed by atoms with van der Waals surface area (Å²) < 4.78 is 7.24. The summed E-state index contributed by atoms with van der Waals surface area (Å²) in [4.78, 5) is 13.5. The zero-order chi connectivity index (χ0) is 15.7. The van der Waals surface area contributed by atoms with Gasteiger partial charge in [0.15, 0.2) is 5.65 Å². The first kappa shape index (κ1) is 15.2. The molecule has 2 aromatic heterocycles. The highest BCUT2D eigenvalue weighted by Crippen LogP contribution is 2.25. The number of nitrogens with zero attached hydrogens (tertiary/aromatic N) is 6. The van der Waals surface area contributed by atoms with Crippen molar-refractivity contribution in [1.82, 2.24) is 24.6 Å². The van der Waals surface area contributed by atoms with Gasteiger partial charge in [0.25, 0.3) is 0 Å². The third kappa shape index (κ3) is 2.78. The molecule has 2 aromatic rings. The Hall–Kier alpha value is -1.73. The van der Waals surface area contributed by atoms with Crippen LogP contribution in [0.15, 0.2) is 6.33 Å². The molecule has 22 heavy (non-hydrogen) atoms. The molecule has 120 valence electrons. The molecule has 0 aromatic carbocycles. The van der Waals surface area contributed by atoms with Gasteiger partial charge in [0.2, 0.25) is 0 Å². The van der Waals surface area contributed by atoms with Crippen molar-refractivity contribution < 1.29 is 4.74 Å². The van der Waals surface area contributed by atoms with Crippen molar-refractivity contribution in [3.63, 3.8) is 0 Å². The fourth-order valence-corrected chi connectivity index (χ4v) is 3.16. The number of ether oxygens (including phenoxy) is 1. The lowest BCUT2D eigenvalue weighted by Crippen LogP contribution is -2.46. The van der Waals surface area contributed by atoms with E-state index in [2.05, 4.69) is 38.8 Å². The first-order valence-electron chi connectivity index (χ1n) is 7.75. The smallest absolute Gasteiger partial charge is 0.163 e. The van der Waals surface area contributed by atoms with E-state index in [9.17, 15) is 0 Å². The summed E-state index contributed by atoms with van der Waals surface area (Å²) in [5, 5.41) is 5.51. The Bertz CT molecular complexity index is 649. The summed E-state index contributed by atoms with van der Waals surface area (Å²) in [5.74, 6) is 0.954. The van der Waals surface area contributed by atoms with Crippen LogP contribution in [0.2, 0.25) is 0 Å². The topological polar surface area (TPSA) is 59.3 Å². The van der Waals surface area contributed by atoms with Crippen LogP contribution in [-0.4, -0.2) is 70.6 Å². The highest BCUT2D eigenvalue weighted by molar-refractivity contribution is 5.89. The monoisotopic (exact) mass is 304 g/mol. The van der Waals surface area contributed by atoms with E-state index < -0.39 is 0 Å². The number of morpholine rings is 1. The van der Waals surface area contributed by atoms with Gasteiger partial charge >= 0.3 is 0 Å². The van der Waals surface area contributed by atoms with E-state index in [-0.39, 0.29) is 0 Å². The van der Waals surface area contributed by atoms with Crippen molar-refractivity contribution in [2.24, 2.45) is 7.05 Å². The van der Waals surface area contributed by atoms with E-state index in [4.69, 9.17) is 4.74 Å². The van der Waals surface area contributed by atoms with Crippen molar-refractivity contribution in [1.29, 1.82) is 0 Å². The normalized spacial score (nSPS) is 17.8. The van der Waals surface area contributed by atoms with Crippen LogP contribution in [-0.2, 0) is 11.8 Å². The first-order chi connectivity index (χ1) is 10.6. The van der Waals surface area contributed by atoms with Gasteiger partial charge in [0.1, 0.15) is 12.1 Å². The van der Waals surface area contributed by atoms with E-state index in [1.165, 1.54) is 0 Å². The molecular formula is C15H24N6O. The van der Waals surface area contributed by atoms with Gasteiger partial charge in [0, 0.05) is 39.8 Å². The molecule has 1 saturated heterocycles. The minimum Gasteiger partial charge on any atom is -0.379 e. The van der Waals surface area contributed by atoms with Gasteiger partial charge in [-0.1, -0.05) is 0 Å². The lowest BCUT2D eigenvalue weighted by atomic mass is 10.2. The molecule has 0 N–H and O–H groups in total.